The summed E-state index contributed by atoms with van der Waals surface area (Å²) in [6.07, 6.45) is 1.56. The Hall–Kier alpha value is -1.49. The molecular weight excluding hydrogens is 206 g/mol. The summed E-state index contributed by atoms with van der Waals surface area (Å²) in [5.41, 5.74) is 2.18. The Morgan fingerprint density at radius 3 is 2.62 bits per heavy atom. The van der Waals surface area contributed by atoms with E-state index in [1.807, 2.05) is 13.8 Å². The summed E-state index contributed by atoms with van der Waals surface area (Å²) >= 11 is 0. The molecule has 1 heterocycles. The quantitative estimate of drug-likeness (QED) is 0.627. The summed E-state index contributed by atoms with van der Waals surface area (Å²) in [6.45, 7) is 8.06. The monoisotopic (exact) mass is 223 g/mol. The third-order valence-corrected chi connectivity index (χ3v) is 2.44. The van der Waals surface area contributed by atoms with Crippen LogP contribution in [-0.4, -0.2) is 15.9 Å². The fraction of sp³-hybridized carbons (Fsp3) is 0.545. The molecular formula is C11H17N3O2. The Labute approximate surface area is 95.0 Å². The van der Waals surface area contributed by atoms with E-state index in [0.29, 0.717) is 23.7 Å². The summed E-state index contributed by atoms with van der Waals surface area (Å²) < 4.78 is 0. The van der Waals surface area contributed by atoms with Crippen molar-refractivity contribution in [1.82, 2.24) is 10.3 Å². The van der Waals surface area contributed by atoms with E-state index < -0.39 is 0 Å². The Morgan fingerprint density at radius 2 is 2.12 bits per heavy atom. The lowest BCUT2D eigenvalue weighted by Gasteiger charge is -2.10. The maximum Gasteiger partial charge on any atom is 0.278 e. The maximum absolute atomic E-state index is 10.9. The molecule has 5 heteroatoms. The Balaban J connectivity index is 3.04. The molecule has 1 rings (SSSR count). The fourth-order valence-corrected chi connectivity index (χ4v) is 1.53. The molecule has 16 heavy (non-hydrogen) atoms. The van der Waals surface area contributed by atoms with E-state index in [1.165, 1.54) is 0 Å². The number of hydrogen-bond acceptors (Lipinski definition) is 4. The number of aromatic nitrogens is 1. The van der Waals surface area contributed by atoms with Crippen molar-refractivity contribution in [2.75, 3.05) is 0 Å². The number of nitro groups is 1. The summed E-state index contributed by atoms with van der Waals surface area (Å²) in [5, 5.41) is 14.1. The number of hydrogen-bond donors (Lipinski definition) is 1. The summed E-state index contributed by atoms with van der Waals surface area (Å²) in [5.74, 6) is 0. The van der Waals surface area contributed by atoms with Gasteiger partial charge in [-0.25, -0.2) is 0 Å². The minimum absolute atomic E-state index is 0.176. The van der Waals surface area contributed by atoms with E-state index in [0.717, 1.165) is 5.69 Å². The van der Waals surface area contributed by atoms with Gasteiger partial charge in [0, 0.05) is 29.9 Å². The lowest BCUT2D eigenvalue weighted by atomic mass is 10.1. The van der Waals surface area contributed by atoms with Gasteiger partial charge in [-0.3, -0.25) is 15.1 Å². The smallest absolute Gasteiger partial charge is 0.278 e. The number of nitrogens with one attached hydrogen (secondary N) is 1. The van der Waals surface area contributed by atoms with Gasteiger partial charge in [0.05, 0.1) is 10.6 Å². The second kappa shape index (κ2) is 5.03. The van der Waals surface area contributed by atoms with Gasteiger partial charge < -0.3 is 5.32 Å². The van der Waals surface area contributed by atoms with Crippen LogP contribution in [0, 0.1) is 24.0 Å². The molecule has 1 aromatic heterocycles. The highest BCUT2D eigenvalue weighted by atomic mass is 16.6. The second-order valence-electron chi connectivity index (χ2n) is 4.15. The van der Waals surface area contributed by atoms with Crippen LogP contribution in [0.15, 0.2) is 6.20 Å². The molecule has 0 aliphatic rings. The maximum atomic E-state index is 10.9. The van der Waals surface area contributed by atoms with Crippen LogP contribution in [0.25, 0.3) is 0 Å². The molecule has 5 nitrogen and oxygen atoms in total. The molecule has 1 N–H and O–H groups in total. The van der Waals surface area contributed by atoms with Gasteiger partial charge in [-0.15, -0.1) is 0 Å². The van der Waals surface area contributed by atoms with Gasteiger partial charge in [-0.2, -0.15) is 0 Å². The molecule has 0 saturated heterocycles. The topological polar surface area (TPSA) is 68.1 Å². The minimum Gasteiger partial charge on any atom is -0.309 e. The van der Waals surface area contributed by atoms with Crippen molar-refractivity contribution in [3.05, 3.63) is 33.1 Å². The standard InChI is InChI=1S/C11H17N3O2/c1-7(2)12-6-10-9(4)11(14(15)16)8(3)5-13-10/h5,7,12H,6H2,1-4H3. The molecule has 0 fully saturated rings. The lowest BCUT2D eigenvalue weighted by Crippen LogP contribution is -2.23. The minimum atomic E-state index is -0.342. The van der Waals surface area contributed by atoms with Gasteiger partial charge in [-0.1, -0.05) is 13.8 Å². The van der Waals surface area contributed by atoms with Crippen LogP contribution in [0.3, 0.4) is 0 Å². The van der Waals surface area contributed by atoms with Gasteiger partial charge in [0.2, 0.25) is 0 Å². The van der Waals surface area contributed by atoms with Crippen LogP contribution in [-0.2, 0) is 6.54 Å². The molecule has 0 aromatic carbocycles. The van der Waals surface area contributed by atoms with Crippen LogP contribution in [0.2, 0.25) is 0 Å². The molecule has 0 radical (unpaired) electrons. The van der Waals surface area contributed by atoms with E-state index in [-0.39, 0.29) is 10.6 Å². The largest absolute Gasteiger partial charge is 0.309 e. The lowest BCUT2D eigenvalue weighted by molar-refractivity contribution is -0.386. The average Bonchev–Trinajstić information content (AvgIpc) is 2.15. The summed E-state index contributed by atoms with van der Waals surface area (Å²) in [4.78, 5) is 14.8. The first kappa shape index (κ1) is 12.6. The second-order valence-corrected chi connectivity index (χ2v) is 4.15. The molecule has 0 bridgehead atoms. The zero-order valence-electron chi connectivity index (χ0n) is 10.1. The number of pyridine rings is 1. The van der Waals surface area contributed by atoms with Crippen molar-refractivity contribution >= 4 is 5.69 Å². The highest BCUT2D eigenvalue weighted by Crippen LogP contribution is 2.23. The van der Waals surface area contributed by atoms with E-state index >= 15 is 0 Å². The first-order valence-corrected chi connectivity index (χ1v) is 5.26. The number of aryl methyl sites for hydroxylation is 1. The molecule has 0 unspecified atom stereocenters. The van der Waals surface area contributed by atoms with E-state index in [1.54, 1.807) is 20.0 Å². The third kappa shape index (κ3) is 2.76. The van der Waals surface area contributed by atoms with Gasteiger partial charge in [0.1, 0.15) is 0 Å². The SMILES string of the molecule is Cc1cnc(CNC(C)C)c(C)c1[N+](=O)[O-]. The van der Waals surface area contributed by atoms with Gasteiger partial charge in [0.15, 0.2) is 0 Å². The molecule has 0 saturated carbocycles. The predicted octanol–water partition coefficient (Wildman–Crippen LogP) is 2.10. The van der Waals surface area contributed by atoms with Gasteiger partial charge >= 0.3 is 0 Å². The normalized spacial score (nSPS) is 10.8. The molecule has 0 spiro atoms. The Bertz CT molecular complexity index is 402. The van der Waals surface area contributed by atoms with E-state index in [4.69, 9.17) is 0 Å². The van der Waals surface area contributed by atoms with Crippen molar-refractivity contribution in [2.45, 2.75) is 40.3 Å². The fourth-order valence-electron chi connectivity index (χ4n) is 1.53. The first-order valence-electron chi connectivity index (χ1n) is 5.26. The summed E-state index contributed by atoms with van der Waals surface area (Å²) in [7, 11) is 0. The van der Waals surface area contributed by atoms with Crippen LogP contribution in [0.5, 0.6) is 0 Å². The zero-order chi connectivity index (χ0) is 12.3. The van der Waals surface area contributed by atoms with Crippen molar-refractivity contribution in [1.29, 1.82) is 0 Å². The van der Waals surface area contributed by atoms with Gasteiger partial charge in [-0.05, 0) is 13.8 Å². The number of nitrogens with zero attached hydrogens (tertiary/aromatic N) is 2. The van der Waals surface area contributed by atoms with Crippen LogP contribution >= 0.6 is 0 Å². The van der Waals surface area contributed by atoms with Crippen LogP contribution in [0.1, 0.15) is 30.7 Å². The highest BCUT2D eigenvalue weighted by Gasteiger charge is 2.18. The molecule has 88 valence electrons. The Kier molecular flexibility index (Phi) is 3.95. The van der Waals surface area contributed by atoms with Gasteiger partial charge in [0.25, 0.3) is 5.69 Å². The van der Waals surface area contributed by atoms with Crippen molar-refractivity contribution < 1.29 is 4.92 Å². The predicted molar refractivity (Wildman–Crippen MR) is 62.3 cm³/mol. The molecule has 1 aromatic rings. The average molecular weight is 223 g/mol. The third-order valence-electron chi connectivity index (χ3n) is 2.44. The summed E-state index contributed by atoms with van der Waals surface area (Å²) in [6, 6.07) is 0.335. The molecule has 0 aliphatic heterocycles. The molecule has 0 amide bonds. The highest BCUT2D eigenvalue weighted by molar-refractivity contribution is 5.47. The molecule has 0 atom stereocenters. The Morgan fingerprint density at radius 1 is 1.50 bits per heavy atom. The zero-order valence-corrected chi connectivity index (χ0v) is 10.1. The van der Waals surface area contributed by atoms with Crippen molar-refractivity contribution in [3.8, 4) is 0 Å². The van der Waals surface area contributed by atoms with Crippen LogP contribution < -0.4 is 5.32 Å². The van der Waals surface area contributed by atoms with Crippen LogP contribution in [0.4, 0.5) is 5.69 Å². The molecule has 0 aliphatic carbocycles. The van der Waals surface area contributed by atoms with Crippen molar-refractivity contribution in [3.63, 3.8) is 0 Å². The first-order chi connectivity index (χ1) is 7.43. The van der Waals surface area contributed by atoms with E-state index in [2.05, 4.69) is 10.3 Å². The number of rotatable bonds is 4. The van der Waals surface area contributed by atoms with E-state index in [9.17, 15) is 10.1 Å². The van der Waals surface area contributed by atoms with Crippen molar-refractivity contribution in [2.24, 2.45) is 0 Å².